The molecule has 0 bridgehead atoms. The molecule has 0 aromatic heterocycles. The van der Waals surface area contributed by atoms with Gasteiger partial charge in [0.15, 0.2) is 0 Å². The number of piperidine rings is 1. The first-order chi connectivity index (χ1) is 9.51. The van der Waals surface area contributed by atoms with Gasteiger partial charge in [-0.1, -0.05) is 27.2 Å². The highest BCUT2D eigenvalue weighted by atomic mass is 15.1. The fourth-order valence-corrected chi connectivity index (χ4v) is 3.92. The molecule has 1 aliphatic heterocycles. The lowest BCUT2D eigenvalue weighted by Crippen LogP contribution is -2.48. The van der Waals surface area contributed by atoms with Crippen molar-refractivity contribution in [3.63, 3.8) is 0 Å². The van der Waals surface area contributed by atoms with Crippen molar-refractivity contribution in [3.8, 4) is 6.07 Å². The van der Waals surface area contributed by atoms with Gasteiger partial charge in [0, 0.05) is 0 Å². The fourth-order valence-electron chi connectivity index (χ4n) is 3.92. The summed E-state index contributed by atoms with van der Waals surface area (Å²) >= 11 is 0. The maximum absolute atomic E-state index is 9.60. The number of nitrogens with one attached hydrogen (secondary N) is 1. The molecule has 1 aliphatic carbocycles. The Morgan fingerprint density at radius 3 is 2.55 bits per heavy atom. The van der Waals surface area contributed by atoms with E-state index in [0.717, 1.165) is 13.0 Å². The van der Waals surface area contributed by atoms with E-state index < -0.39 is 0 Å². The predicted octanol–water partition coefficient (Wildman–Crippen LogP) is 3.17. The van der Waals surface area contributed by atoms with Crippen molar-refractivity contribution >= 4 is 0 Å². The lowest BCUT2D eigenvalue weighted by molar-refractivity contribution is 0.122. The predicted molar refractivity (Wildman–Crippen MR) is 83.4 cm³/mol. The van der Waals surface area contributed by atoms with E-state index in [9.17, 15) is 5.26 Å². The van der Waals surface area contributed by atoms with Crippen LogP contribution in [0, 0.1) is 22.7 Å². The molecular weight excluding hydrogens is 246 g/mol. The van der Waals surface area contributed by atoms with Crippen LogP contribution >= 0.6 is 0 Å². The summed E-state index contributed by atoms with van der Waals surface area (Å²) in [7, 11) is 0. The van der Waals surface area contributed by atoms with Crippen molar-refractivity contribution in [1.82, 2.24) is 10.2 Å². The average Bonchev–Trinajstić information content (AvgIpc) is 2.81. The van der Waals surface area contributed by atoms with Gasteiger partial charge >= 0.3 is 0 Å². The van der Waals surface area contributed by atoms with Crippen LogP contribution < -0.4 is 5.32 Å². The highest BCUT2D eigenvalue weighted by Gasteiger charge is 2.42. The van der Waals surface area contributed by atoms with Crippen LogP contribution in [0.4, 0.5) is 0 Å². The zero-order chi connectivity index (χ0) is 14.6. The van der Waals surface area contributed by atoms with Crippen LogP contribution in [0.25, 0.3) is 0 Å². The fraction of sp³-hybridized carbons (Fsp3) is 0.941. The molecule has 20 heavy (non-hydrogen) atoms. The maximum atomic E-state index is 9.60. The van der Waals surface area contributed by atoms with E-state index in [4.69, 9.17) is 0 Å². The summed E-state index contributed by atoms with van der Waals surface area (Å²) in [5.74, 6) is 0.544. The van der Waals surface area contributed by atoms with E-state index >= 15 is 0 Å². The molecule has 2 fully saturated rings. The zero-order valence-corrected chi connectivity index (χ0v) is 13.5. The summed E-state index contributed by atoms with van der Waals surface area (Å²) in [5.41, 5.74) is 0.299. The molecule has 3 heteroatoms. The molecule has 1 saturated heterocycles. The normalized spacial score (nSPS) is 34.0. The number of rotatable bonds is 5. The number of likely N-dealkylation sites (tertiary alicyclic amines) is 1. The van der Waals surface area contributed by atoms with Crippen LogP contribution in [0.15, 0.2) is 0 Å². The molecule has 1 saturated carbocycles. The van der Waals surface area contributed by atoms with Gasteiger partial charge < -0.3 is 4.90 Å². The summed E-state index contributed by atoms with van der Waals surface area (Å²) in [6.45, 7) is 11.4. The molecule has 114 valence electrons. The smallest absolute Gasteiger partial charge is 0.109 e. The first-order valence-corrected chi connectivity index (χ1v) is 8.40. The van der Waals surface area contributed by atoms with Crippen molar-refractivity contribution in [2.75, 3.05) is 26.2 Å². The Morgan fingerprint density at radius 2 is 1.95 bits per heavy atom. The second kappa shape index (κ2) is 6.45. The van der Waals surface area contributed by atoms with Crippen molar-refractivity contribution in [2.45, 2.75) is 64.8 Å². The van der Waals surface area contributed by atoms with Crippen molar-refractivity contribution in [2.24, 2.45) is 11.3 Å². The summed E-state index contributed by atoms with van der Waals surface area (Å²) in [6, 6.07) is 2.60. The molecule has 2 aliphatic rings. The average molecular weight is 277 g/mol. The molecule has 3 nitrogen and oxygen atoms in total. The Labute approximate surface area is 124 Å². The topological polar surface area (TPSA) is 39.1 Å². The van der Waals surface area contributed by atoms with Crippen molar-refractivity contribution in [1.29, 1.82) is 5.26 Å². The highest BCUT2D eigenvalue weighted by molar-refractivity contribution is 5.14. The molecule has 2 atom stereocenters. The second-order valence-corrected chi connectivity index (χ2v) is 7.50. The van der Waals surface area contributed by atoms with Crippen LogP contribution in [-0.2, 0) is 0 Å². The van der Waals surface area contributed by atoms with Gasteiger partial charge in [0.05, 0.1) is 6.07 Å². The van der Waals surface area contributed by atoms with Crippen molar-refractivity contribution in [3.05, 3.63) is 0 Å². The Kier molecular flexibility index (Phi) is 5.09. The van der Waals surface area contributed by atoms with Crippen LogP contribution in [0.3, 0.4) is 0 Å². The largest absolute Gasteiger partial charge is 0.303 e. The Balaban J connectivity index is 1.83. The molecule has 1 N–H and O–H groups in total. The van der Waals surface area contributed by atoms with Gasteiger partial charge in [-0.05, 0) is 69.6 Å². The number of nitriles is 1. The van der Waals surface area contributed by atoms with Crippen molar-refractivity contribution < 1.29 is 0 Å². The summed E-state index contributed by atoms with van der Waals surface area (Å²) < 4.78 is 0. The van der Waals surface area contributed by atoms with Crippen LogP contribution in [0.1, 0.15) is 59.3 Å². The summed E-state index contributed by atoms with van der Waals surface area (Å²) in [6.07, 6.45) is 7.27. The minimum absolute atomic E-state index is 0.232. The minimum atomic E-state index is -0.232. The third kappa shape index (κ3) is 3.54. The Hall–Kier alpha value is -0.590. The van der Waals surface area contributed by atoms with E-state index in [1.54, 1.807) is 0 Å². The maximum Gasteiger partial charge on any atom is 0.109 e. The third-order valence-electron chi connectivity index (χ3n) is 5.52. The van der Waals surface area contributed by atoms with Crippen LogP contribution in [-0.4, -0.2) is 36.6 Å². The van der Waals surface area contributed by atoms with Gasteiger partial charge in [-0.2, -0.15) is 5.26 Å². The van der Waals surface area contributed by atoms with Gasteiger partial charge in [-0.15, -0.1) is 0 Å². The minimum Gasteiger partial charge on any atom is -0.303 e. The Bertz CT molecular complexity index is 348. The van der Waals surface area contributed by atoms with E-state index in [1.807, 2.05) is 0 Å². The van der Waals surface area contributed by atoms with Crippen LogP contribution in [0.2, 0.25) is 0 Å². The number of hydrogen-bond acceptors (Lipinski definition) is 3. The zero-order valence-electron chi connectivity index (χ0n) is 13.5. The first-order valence-electron chi connectivity index (χ1n) is 8.40. The van der Waals surface area contributed by atoms with E-state index in [2.05, 4.69) is 37.1 Å². The third-order valence-corrected chi connectivity index (χ3v) is 5.52. The lowest BCUT2D eigenvalue weighted by Gasteiger charge is -2.38. The summed E-state index contributed by atoms with van der Waals surface area (Å²) in [4.78, 5) is 2.61. The molecule has 0 radical (unpaired) electrons. The number of hydrogen-bond donors (Lipinski definition) is 1. The quantitative estimate of drug-likeness (QED) is 0.839. The van der Waals surface area contributed by atoms with E-state index in [0.29, 0.717) is 11.3 Å². The second-order valence-electron chi connectivity index (χ2n) is 7.50. The monoisotopic (exact) mass is 277 g/mol. The number of nitrogens with zero attached hydrogens (tertiary/aromatic N) is 2. The van der Waals surface area contributed by atoms with Gasteiger partial charge in [-0.25, -0.2) is 0 Å². The molecule has 0 spiro atoms. The SMILES string of the molecule is CCNC1(C#N)CCCC1CCN1CCC(C)(C)CC1. The Morgan fingerprint density at radius 1 is 1.25 bits per heavy atom. The molecule has 1 heterocycles. The molecule has 2 unspecified atom stereocenters. The lowest BCUT2D eigenvalue weighted by atomic mass is 9.82. The molecular formula is C17H31N3. The van der Waals surface area contributed by atoms with Gasteiger partial charge in [0.25, 0.3) is 0 Å². The van der Waals surface area contributed by atoms with E-state index in [-0.39, 0.29) is 5.54 Å². The molecule has 0 amide bonds. The standard InChI is InChI=1S/C17H31N3/c1-4-19-17(14-18)8-5-6-15(17)7-11-20-12-9-16(2,3)10-13-20/h15,19H,4-13H2,1-3H3. The highest BCUT2D eigenvalue weighted by Crippen LogP contribution is 2.38. The molecule has 0 aromatic rings. The van der Waals surface area contributed by atoms with Gasteiger partial charge in [-0.3, -0.25) is 5.32 Å². The van der Waals surface area contributed by atoms with Gasteiger partial charge in [0.1, 0.15) is 5.54 Å². The summed E-state index contributed by atoms with van der Waals surface area (Å²) in [5, 5.41) is 13.1. The first kappa shape index (κ1) is 15.8. The van der Waals surface area contributed by atoms with Gasteiger partial charge in [0.2, 0.25) is 0 Å². The molecule has 2 rings (SSSR count). The van der Waals surface area contributed by atoms with E-state index in [1.165, 1.54) is 51.7 Å². The molecule has 0 aromatic carbocycles. The van der Waals surface area contributed by atoms with Crippen LogP contribution in [0.5, 0.6) is 0 Å².